The molecule has 0 aliphatic carbocycles. The van der Waals surface area contributed by atoms with Crippen molar-refractivity contribution in [2.75, 3.05) is 26.2 Å². The number of piperidine rings is 1. The van der Waals surface area contributed by atoms with Gasteiger partial charge in [0.25, 0.3) is 5.56 Å². The Morgan fingerprint density at radius 3 is 2.37 bits per heavy atom. The Morgan fingerprint density at radius 2 is 1.60 bits per heavy atom. The van der Waals surface area contributed by atoms with E-state index in [1.807, 2.05) is 54.6 Å². The summed E-state index contributed by atoms with van der Waals surface area (Å²) in [4.78, 5) is 18.2. The van der Waals surface area contributed by atoms with Gasteiger partial charge in [0.1, 0.15) is 17.3 Å². The van der Waals surface area contributed by atoms with Gasteiger partial charge in [0, 0.05) is 17.5 Å². The molecule has 0 spiro atoms. The summed E-state index contributed by atoms with van der Waals surface area (Å²) in [7, 11) is 0. The fourth-order valence-electron chi connectivity index (χ4n) is 4.59. The Hall–Kier alpha value is -3.64. The molecule has 0 radical (unpaired) electrons. The molecule has 1 fully saturated rings. The van der Waals surface area contributed by atoms with Gasteiger partial charge in [-0.15, -0.1) is 0 Å². The van der Waals surface area contributed by atoms with Crippen molar-refractivity contribution in [2.45, 2.75) is 25.7 Å². The molecular formula is C29H29FN2O3. The van der Waals surface area contributed by atoms with Gasteiger partial charge < -0.3 is 19.4 Å². The van der Waals surface area contributed by atoms with E-state index in [-0.39, 0.29) is 10.9 Å². The van der Waals surface area contributed by atoms with Crippen LogP contribution in [0.4, 0.5) is 4.39 Å². The van der Waals surface area contributed by atoms with E-state index in [1.54, 1.807) is 6.07 Å². The van der Waals surface area contributed by atoms with Crippen LogP contribution >= 0.6 is 0 Å². The first kappa shape index (κ1) is 23.1. The zero-order valence-corrected chi connectivity index (χ0v) is 19.6. The number of aromatic amines is 1. The highest BCUT2D eigenvalue weighted by Gasteiger charge is 2.16. The number of H-pyrrole nitrogens is 1. The lowest BCUT2D eigenvalue weighted by Crippen LogP contribution is -2.31. The first-order chi connectivity index (χ1) is 17.2. The first-order valence-corrected chi connectivity index (χ1v) is 12.2. The molecule has 6 heteroatoms. The highest BCUT2D eigenvalue weighted by atomic mass is 19.1. The number of hydrogen-bond donors (Lipinski definition) is 1. The van der Waals surface area contributed by atoms with Crippen LogP contribution in [0.15, 0.2) is 77.6 Å². The number of para-hydroxylation sites is 1. The maximum absolute atomic E-state index is 13.9. The highest BCUT2D eigenvalue weighted by Crippen LogP contribution is 2.35. The molecule has 0 unspecified atom stereocenters. The SMILES string of the molecule is O=c1[nH]c(-c2ccc(Oc3ccccc3)cc2)c(OCCCN2CCCCC2)c2ccc(F)cc12. The molecule has 35 heavy (non-hydrogen) atoms. The summed E-state index contributed by atoms with van der Waals surface area (Å²) in [5.41, 5.74) is 1.03. The Bertz CT molecular complexity index is 1330. The Morgan fingerprint density at radius 1 is 0.857 bits per heavy atom. The highest BCUT2D eigenvalue weighted by molar-refractivity contribution is 5.93. The van der Waals surface area contributed by atoms with E-state index < -0.39 is 5.82 Å². The number of nitrogens with one attached hydrogen (secondary N) is 1. The maximum Gasteiger partial charge on any atom is 0.256 e. The van der Waals surface area contributed by atoms with Gasteiger partial charge in [-0.1, -0.05) is 24.6 Å². The fourth-order valence-corrected chi connectivity index (χ4v) is 4.59. The molecule has 2 heterocycles. The van der Waals surface area contributed by atoms with Gasteiger partial charge in [0.05, 0.1) is 17.7 Å². The lowest BCUT2D eigenvalue weighted by molar-refractivity contribution is 0.205. The van der Waals surface area contributed by atoms with Crippen LogP contribution in [0, 0.1) is 5.82 Å². The molecule has 0 saturated carbocycles. The van der Waals surface area contributed by atoms with Gasteiger partial charge in [-0.2, -0.15) is 0 Å². The van der Waals surface area contributed by atoms with E-state index in [0.717, 1.165) is 37.4 Å². The first-order valence-electron chi connectivity index (χ1n) is 12.2. The van der Waals surface area contributed by atoms with Gasteiger partial charge >= 0.3 is 0 Å². The van der Waals surface area contributed by atoms with Gasteiger partial charge in [-0.3, -0.25) is 4.79 Å². The van der Waals surface area contributed by atoms with Crippen LogP contribution in [0.1, 0.15) is 25.7 Å². The van der Waals surface area contributed by atoms with Crippen LogP contribution in [0.25, 0.3) is 22.0 Å². The van der Waals surface area contributed by atoms with Crippen molar-refractivity contribution in [1.82, 2.24) is 9.88 Å². The molecule has 3 aromatic carbocycles. The van der Waals surface area contributed by atoms with Crippen LogP contribution in [-0.2, 0) is 0 Å². The zero-order valence-electron chi connectivity index (χ0n) is 19.6. The number of likely N-dealkylation sites (tertiary alicyclic amines) is 1. The molecule has 1 aliphatic heterocycles. The molecular weight excluding hydrogens is 443 g/mol. The van der Waals surface area contributed by atoms with Crippen molar-refractivity contribution in [3.05, 3.63) is 89.0 Å². The third-order valence-corrected chi connectivity index (χ3v) is 6.37. The zero-order chi connectivity index (χ0) is 24.0. The van der Waals surface area contributed by atoms with Crippen molar-refractivity contribution >= 4 is 10.8 Å². The number of rotatable bonds is 8. The number of aromatic nitrogens is 1. The molecule has 0 amide bonds. The van der Waals surface area contributed by atoms with E-state index in [0.29, 0.717) is 29.2 Å². The summed E-state index contributed by atoms with van der Waals surface area (Å²) in [6.07, 6.45) is 4.70. The monoisotopic (exact) mass is 472 g/mol. The summed E-state index contributed by atoms with van der Waals surface area (Å²) in [6, 6.07) is 21.3. The molecule has 1 N–H and O–H groups in total. The van der Waals surface area contributed by atoms with Crippen LogP contribution in [-0.4, -0.2) is 36.1 Å². The number of ether oxygens (including phenoxy) is 2. The predicted octanol–water partition coefficient (Wildman–Crippen LogP) is 6.38. The molecule has 1 aliphatic rings. The fraction of sp³-hybridized carbons (Fsp3) is 0.276. The third-order valence-electron chi connectivity index (χ3n) is 6.37. The number of benzene rings is 3. The predicted molar refractivity (Wildman–Crippen MR) is 137 cm³/mol. The minimum Gasteiger partial charge on any atom is -0.491 e. The average molecular weight is 473 g/mol. The molecule has 5 rings (SSSR count). The average Bonchev–Trinajstić information content (AvgIpc) is 2.89. The Labute approximate surface area is 204 Å². The summed E-state index contributed by atoms with van der Waals surface area (Å²) >= 11 is 0. The second kappa shape index (κ2) is 10.7. The molecule has 1 aromatic heterocycles. The Balaban J connectivity index is 1.41. The number of hydrogen-bond acceptors (Lipinski definition) is 4. The summed E-state index contributed by atoms with van der Waals surface area (Å²) < 4.78 is 26.1. The minimum absolute atomic E-state index is 0.281. The molecule has 1 saturated heterocycles. The number of fused-ring (bicyclic) bond motifs is 1. The maximum atomic E-state index is 13.9. The van der Waals surface area contributed by atoms with E-state index in [2.05, 4.69) is 9.88 Å². The quantitative estimate of drug-likeness (QED) is 0.302. The van der Waals surface area contributed by atoms with Crippen LogP contribution < -0.4 is 15.0 Å². The van der Waals surface area contributed by atoms with Crippen molar-refractivity contribution < 1.29 is 13.9 Å². The molecule has 4 aromatic rings. The van der Waals surface area contributed by atoms with E-state index in [1.165, 1.54) is 31.4 Å². The van der Waals surface area contributed by atoms with E-state index in [4.69, 9.17) is 9.47 Å². The standard InChI is InChI=1S/C29H29FN2O3/c30-22-12-15-25-26(20-22)29(33)31-27(28(25)34-19-7-18-32-16-5-2-6-17-32)21-10-13-24(14-11-21)35-23-8-3-1-4-9-23/h1,3-4,8-15,20H,2,5-7,16-19H2,(H,31,33). The van der Waals surface area contributed by atoms with Crippen molar-refractivity contribution in [1.29, 1.82) is 0 Å². The second-order valence-corrected chi connectivity index (χ2v) is 8.89. The summed E-state index contributed by atoms with van der Waals surface area (Å²) in [5, 5.41) is 0.886. The smallest absolute Gasteiger partial charge is 0.256 e. The molecule has 5 nitrogen and oxygen atoms in total. The van der Waals surface area contributed by atoms with Crippen molar-refractivity contribution in [2.24, 2.45) is 0 Å². The molecule has 180 valence electrons. The Kier molecular flexibility index (Phi) is 7.09. The largest absolute Gasteiger partial charge is 0.491 e. The normalized spacial score (nSPS) is 14.2. The topological polar surface area (TPSA) is 54.6 Å². The number of nitrogens with zero attached hydrogens (tertiary/aromatic N) is 1. The lowest BCUT2D eigenvalue weighted by Gasteiger charge is -2.26. The van der Waals surface area contributed by atoms with Gasteiger partial charge in [0.15, 0.2) is 5.75 Å². The van der Waals surface area contributed by atoms with Crippen LogP contribution in [0.5, 0.6) is 17.2 Å². The molecule has 0 bridgehead atoms. The summed E-state index contributed by atoms with van der Waals surface area (Å²) in [5.74, 6) is 1.55. The number of halogens is 1. The summed E-state index contributed by atoms with van der Waals surface area (Å²) in [6.45, 7) is 3.78. The third kappa shape index (κ3) is 5.54. The number of pyridine rings is 1. The van der Waals surface area contributed by atoms with Crippen molar-refractivity contribution in [3.8, 4) is 28.5 Å². The lowest BCUT2D eigenvalue weighted by atomic mass is 10.1. The van der Waals surface area contributed by atoms with E-state index in [9.17, 15) is 9.18 Å². The second-order valence-electron chi connectivity index (χ2n) is 8.89. The van der Waals surface area contributed by atoms with E-state index >= 15 is 0 Å². The van der Waals surface area contributed by atoms with Gasteiger partial charge in [-0.25, -0.2) is 4.39 Å². The van der Waals surface area contributed by atoms with Gasteiger partial charge in [-0.05, 0) is 86.9 Å². The van der Waals surface area contributed by atoms with Crippen LogP contribution in [0.2, 0.25) is 0 Å². The van der Waals surface area contributed by atoms with Gasteiger partial charge in [0.2, 0.25) is 0 Å². The van der Waals surface area contributed by atoms with Crippen molar-refractivity contribution in [3.63, 3.8) is 0 Å². The van der Waals surface area contributed by atoms with Crippen LogP contribution in [0.3, 0.4) is 0 Å². The minimum atomic E-state index is -0.450. The molecule has 0 atom stereocenters.